The molecule has 0 fully saturated rings. The molecule has 1 aliphatic rings. The largest absolute Gasteiger partial charge is 0.494 e. The molecule has 1 heterocycles. The number of nitrogens with zero attached hydrogens (tertiary/aromatic N) is 1. The first-order valence-corrected chi connectivity index (χ1v) is 15.7. The lowest BCUT2D eigenvalue weighted by Crippen LogP contribution is -2.49. The minimum Gasteiger partial charge on any atom is -0.494 e. The minimum atomic E-state index is -4.46. The van der Waals surface area contributed by atoms with E-state index in [4.69, 9.17) is 19.6 Å². The lowest BCUT2D eigenvalue weighted by Gasteiger charge is -2.31. The Morgan fingerprint density at radius 1 is 0.956 bits per heavy atom. The van der Waals surface area contributed by atoms with Crippen molar-refractivity contribution in [2.75, 3.05) is 13.2 Å². The van der Waals surface area contributed by atoms with Crippen LogP contribution in [0.2, 0.25) is 0 Å². The molecule has 5 rings (SSSR count). The van der Waals surface area contributed by atoms with Crippen LogP contribution in [0.15, 0.2) is 111 Å². The van der Waals surface area contributed by atoms with Crippen LogP contribution in [-0.4, -0.2) is 35.7 Å². The van der Waals surface area contributed by atoms with E-state index in [2.05, 4.69) is 37.2 Å². The van der Waals surface area contributed by atoms with E-state index in [1.54, 1.807) is 24.3 Å². The Morgan fingerprint density at radius 3 is 2.29 bits per heavy atom. The summed E-state index contributed by atoms with van der Waals surface area (Å²) in [6.45, 7) is 0.389. The fraction of sp³-hybridized carbons (Fsp3) is 0.235. The summed E-state index contributed by atoms with van der Waals surface area (Å²) in [5, 5.41) is 12.0. The van der Waals surface area contributed by atoms with Gasteiger partial charge in [-0.05, 0) is 71.3 Å². The molecule has 1 aliphatic heterocycles. The van der Waals surface area contributed by atoms with E-state index in [-0.39, 0.29) is 25.5 Å². The van der Waals surface area contributed by atoms with Gasteiger partial charge in [0.25, 0.3) is 5.91 Å². The first-order valence-electron chi connectivity index (χ1n) is 14.1. The van der Waals surface area contributed by atoms with Gasteiger partial charge < -0.3 is 19.9 Å². The Bertz CT molecular complexity index is 1650. The summed E-state index contributed by atoms with van der Waals surface area (Å²) in [4.78, 5) is 19.4. The van der Waals surface area contributed by atoms with Crippen molar-refractivity contribution >= 4 is 43.7 Å². The molecule has 11 heteroatoms. The molecule has 45 heavy (non-hydrogen) atoms. The van der Waals surface area contributed by atoms with Crippen molar-refractivity contribution in [2.24, 2.45) is 4.99 Å². The van der Waals surface area contributed by atoms with Crippen LogP contribution < -0.4 is 10.1 Å². The molecular weight excluding hydrogens is 717 g/mol. The number of amides is 1. The molecule has 0 bridgehead atoms. The highest BCUT2D eigenvalue weighted by Crippen LogP contribution is 2.43. The number of nitrogens with one attached hydrogen (secondary N) is 1. The molecule has 0 aliphatic carbocycles. The Morgan fingerprint density at radius 2 is 1.64 bits per heavy atom. The molecular formula is C34H29Br2F3N2O4. The van der Waals surface area contributed by atoms with Gasteiger partial charge in [-0.25, -0.2) is 4.99 Å². The Kier molecular flexibility index (Phi) is 10.3. The Hall–Kier alpha value is -3.67. The maximum absolute atomic E-state index is 14.4. The van der Waals surface area contributed by atoms with Crippen LogP contribution in [0.4, 0.5) is 13.2 Å². The zero-order valence-electron chi connectivity index (χ0n) is 23.9. The molecule has 2 N–H and O–H groups in total. The van der Waals surface area contributed by atoms with Crippen LogP contribution >= 0.6 is 31.9 Å². The summed E-state index contributed by atoms with van der Waals surface area (Å²) in [5.74, 6) is 0.440. The van der Waals surface area contributed by atoms with Crippen molar-refractivity contribution in [3.05, 3.63) is 134 Å². The second-order valence-corrected chi connectivity index (χ2v) is 12.3. The third-order valence-electron chi connectivity index (χ3n) is 7.35. The normalized spacial score (nSPS) is 17.8. The number of ether oxygens (including phenoxy) is 2. The summed E-state index contributed by atoms with van der Waals surface area (Å²) in [6, 6.07) is 26.8. The number of aliphatic imine (C=N–C) groups is 1. The number of aliphatic hydroxyl groups is 1. The van der Waals surface area contributed by atoms with Gasteiger partial charge in [-0.2, -0.15) is 13.2 Å². The molecule has 0 spiro atoms. The van der Waals surface area contributed by atoms with E-state index in [9.17, 15) is 18.0 Å². The lowest BCUT2D eigenvalue weighted by molar-refractivity contribution is -0.137. The van der Waals surface area contributed by atoms with E-state index in [0.717, 1.165) is 32.2 Å². The predicted molar refractivity (Wildman–Crippen MR) is 172 cm³/mol. The van der Waals surface area contributed by atoms with Crippen LogP contribution in [0.1, 0.15) is 40.3 Å². The van der Waals surface area contributed by atoms with Gasteiger partial charge >= 0.3 is 6.18 Å². The summed E-state index contributed by atoms with van der Waals surface area (Å²) in [5.41, 5.74) is 0.447. The van der Waals surface area contributed by atoms with Crippen molar-refractivity contribution in [3.8, 4) is 5.75 Å². The standard InChI is InChI=1S/C34H29Br2F3N2O4/c35-27-14-8-23(9-15-27)30-33(20-25-4-1-2-5-29(25)36,32(43)40-21-22-6-12-26(13-7-22)34(37,38)39)41-31(45-30)24-10-16-28(17-11-24)44-19-3-18-42/h1-2,4-17,30,42H,3,18-21H2,(H,40,43)/t30-,33-/m1/s1. The van der Waals surface area contributed by atoms with Gasteiger partial charge in [-0.3, -0.25) is 4.79 Å². The lowest BCUT2D eigenvalue weighted by atomic mass is 9.82. The van der Waals surface area contributed by atoms with Crippen molar-refractivity contribution in [2.45, 2.75) is 37.2 Å². The third-order valence-corrected chi connectivity index (χ3v) is 8.66. The molecule has 0 saturated carbocycles. The van der Waals surface area contributed by atoms with Crippen LogP contribution in [0.3, 0.4) is 0 Å². The average molecular weight is 746 g/mol. The monoisotopic (exact) mass is 744 g/mol. The highest BCUT2D eigenvalue weighted by molar-refractivity contribution is 9.10. The molecule has 0 unspecified atom stereocenters. The number of halogens is 5. The van der Waals surface area contributed by atoms with Crippen LogP contribution in [0, 0.1) is 0 Å². The zero-order chi connectivity index (χ0) is 32.0. The third kappa shape index (κ3) is 7.77. The highest BCUT2D eigenvalue weighted by atomic mass is 79.9. The molecule has 234 valence electrons. The number of aliphatic hydroxyl groups excluding tert-OH is 1. The smallest absolute Gasteiger partial charge is 0.416 e. The van der Waals surface area contributed by atoms with Gasteiger partial charge in [0.05, 0.1) is 12.2 Å². The second-order valence-electron chi connectivity index (χ2n) is 10.5. The topological polar surface area (TPSA) is 80.2 Å². The number of carbonyl (C=O) groups excluding carboxylic acids is 1. The van der Waals surface area contributed by atoms with Gasteiger partial charge in [0, 0.05) is 40.5 Å². The number of hydrogen-bond acceptors (Lipinski definition) is 5. The average Bonchev–Trinajstić information content (AvgIpc) is 3.42. The number of carbonyl (C=O) groups is 1. The van der Waals surface area contributed by atoms with Gasteiger partial charge in [-0.1, -0.05) is 74.3 Å². The number of hydrogen-bond donors (Lipinski definition) is 2. The van der Waals surface area contributed by atoms with E-state index in [1.807, 2.05) is 48.5 Å². The summed E-state index contributed by atoms with van der Waals surface area (Å²) in [7, 11) is 0. The summed E-state index contributed by atoms with van der Waals surface area (Å²) in [6.07, 6.45) is -4.62. The fourth-order valence-electron chi connectivity index (χ4n) is 5.00. The molecule has 0 aromatic heterocycles. The minimum absolute atomic E-state index is 0.00747. The summed E-state index contributed by atoms with van der Waals surface area (Å²) < 4.78 is 53.1. The first-order chi connectivity index (χ1) is 21.6. The number of benzene rings is 4. The van der Waals surface area contributed by atoms with Gasteiger partial charge in [-0.15, -0.1) is 0 Å². The molecule has 0 radical (unpaired) electrons. The molecule has 1 amide bonds. The zero-order valence-corrected chi connectivity index (χ0v) is 27.0. The van der Waals surface area contributed by atoms with Crippen molar-refractivity contribution in [3.63, 3.8) is 0 Å². The van der Waals surface area contributed by atoms with E-state index in [1.165, 1.54) is 12.1 Å². The number of alkyl halides is 3. The molecule has 4 aromatic rings. The molecule has 2 atom stereocenters. The second kappa shape index (κ2) is 14.2. The van der Waals surface area contributed by atoms with Crippen LogP contribution in [0.5, 0.6) is 5.75 Å². The fourth-order valence-corrected chi connectivity index (χ4v) is 5.69. The first kappa shape index (κ1) is 32.7. The quantitative estimate of drug-likeness (QED) is 0.154. The maximum Gasteiger partial charge on any atom is 0.416 e. The molecule has 0 saturated heterocycles. The Labute approximate surface area is 275 Å². The van der Waals surface area contributed by atoms with Crippen molar-refractivity contribution in [1.82, 2.24) is 5.32 Å². The van der Waals surface area contributed by atoms with Gasteiger partial charge in [0.15, 0.2) is 11.6 Å². The van der Waals surface area contributed by atoms with E-state index >= 15 is 0 Å². The molecule has 6 nitrogen and oxygen atoms in total. The predicted octanol–water partition coefficient (Wildman–Crippen LogP) is 7.81. The highest BCUT2D eigenvalue weighted by Gasteiger charge is 2.53. The van der Waals surface area contributed by atoms with Gasteiger partial charge in [0.1, 0.15) is 5.75 Å². The van der Waals surface area contributed by atoms with Crippen molar-refractivity contribution < 1.29 is 32.5 Å². The maximum atomic E-state index is 14.4. The van der Waals surface area contributed by atoms with Crippen LogP contribution in [-0.2, 0) is 28.7 Å². The Balaban J connectivity index is 1.53. The van der Waals surface area contributed by atoms with E-state index in [0.29, 0.717) is 29.9 Å². The van der Waals surface area contributed by atoms with E-state index < -0.39 is 29.3 Å². The SMILES string of the molecule is O=C(NCc1ccc(C(F)(F)F)cc1)[C@]1(Cc2ccccc2Br)N=C(c2ccc(OCCCO)cc2)O[C@@H]1c1ccc(Br)cc1. The molecule has 4 aromatic carbocycles. The number of rotatable bonds is 11. The van der Waals surface area contributed by atoms with Gasteiger partial charge in [0.2, 0.25) is 5.90 Å². The van der Waals surface area contributed by atoms with Crippen molar-refractivity contribution in [1.29, 1.82) is 0 Å². The summed E-state index contributed by atoms with van der Waals surface area (Å²) >= 11 is 7.08. The van der Waals surface area contributed by atoms with Crippen LogP contribution in [0.25, 0.3) is 0 Å².